The van der Waals surface area contributed by atoms with Crippen molar-refractivity contribution in [2.45, 2.75) is 50.2 Å². The third-order valence-corrected chi connectivity index (χ3v) is 5.91. The van der Waals surface area contributed by atoms with E-state index in [0.29, 0.717) is 12.0 Å². The van der Waals surface area contributed by atoms with Gasteiger partial charge in [0, 0.05) is 43.5 Å². The van der Waals surface area contributed by atoms with Gasteiger partial charge >= 0.3 is 0 Å². The molecule has 5 heteroatoms. The lowest BCUT2D eigenvalue weighted by atomic mass is 9.92. The highest BCUT2D eigenvalue weighted by molar-refractivity contribution is 5.26. The van der Waals surface area contributed by atoms with Crippen molar-refractivity contribution in [2.75, 3.05) is 20.1 Å². The highest BCUT2D eigenvalue weighted by atomic mass is 15.4. The van der Waals surface area contributed by atoms with E-state index in [4.69, 9.17) is 0 Å². The molecule has 25 heavy (non-hydrogen) atoms. The van der Waals surface area contributed by atoms with Gasteiger partial charge in [0.2, 0.25) is 0 Å². The first-order valence-corrected chi connectivity index (χ1v) is 9.56. The van der Waals surface area contributed by atoms with Gasteiger partial charge in [-0.05, 0) is 25.5 Å². The Morgan fingerprint density at radius 1 is 1.20 bits per heavy atom. The number of rotatable bonds is 6. The summed E-state index contributed by atoms with van der Waals surface area (Å²) in [4.78, 5) is 7.00. The summed E-state index contributed by atoms with van der Waals surface area (Å²) in [6.07, 6.45) is 9.55. The second kappa shape index (κ2) is 7.68. The smallest absolute Gasteiger partial charge is 0.0948 e. The number of hydrogen-bond donors (Lipinski definition) is 2. The first-order chi connectivity index (χ1) is 12.3. The van der Waals surface area contributed by atoms with E-state index in [1.807, 2.05) is 12.5 Å². The number of aromatic nitrogens is 2. The van der Waals surface area contributed by atoms with Gasteiger partial charge in [-0.15, -0.1) is 0 Å². The molecule has 1 aromatic heterocycles. The summed E-state index contributed by atoms with van der Waals surface area (Å²) in [5, 5.41) is 0. The third-order valence-electron chi connectivity index (χ3n) is 5.91. The molecule has 2 N–H and O–H groups in total. The van der Waals surface area contributed by atoms with Crippen molar-refractivity contribution in [2.24, 2.45) is 0 Å². The molecule has 5 nitrogen and oxygen atoms in total. The summed E-state index contributed by atoms with van der Waals surface area (Å²) in [5.74, 6) is 0.404. The lowest BCUT2D eigenvalue weighted by molar-refractivity contribution is 0.235. The van der Waals surface area contributed by atoms with Gasteiger partial charge in [-0.2, -0.15) is 0 Å². The number of likely N-dealkylation sites (N-methyl/N-ethyl adjacent to an activating group) is 1. The normalized spacial score (nSPS) is 24.4. The molecule has 2 heterocycles. The van der Waals surface area contributed by atoms with E-state index >= 15 is 0 Å². The first kappa shape index (κ1) is 16.8. The van der Waals surface area contributed by atoms with Crippen molar-refractivity contribution in [3.63, 3.8) is 0 Å². The fraction of sp³-hybridized carbons (Fsp3) is 0.550. The highest BCUT2D eigenvalue weighted by Crippen LogP contribution is 2.33. The SMILES string of the molecule is CN(CCn1cncc1C1CNNC1c1ccccc1)C1CCCC1. The molecule has 134 valence electrons. The van der Waals surface area contributed by atoms with Crippen LogP contribution in [0.15, 0.2) is 42.9 Å². The van der Waals surface area contributed by atoms with Crippen molar-refractivity contribution in [3.8, 4) is 0 Å². The molecule has 1 saturated carbocycles. The first-order valence-electron chi connectivity index (χ1n) is 9.56. The molecule has 2 aliphatic rings. The van der Waals surface area contributed by atoms with Crippen LogP contribution < -0.4 is 10.9 Å². The highest BCUT2D eigenvalue weighted by Gasteiger charge is 2.31. The van der Waals surface area contributed by atoms with Crippen LogP contribution in [0.1, 0.15) is 48.9 Å². The molecule has 1 aliphatic carbocycles. The Kier molecular flexibility index (Phi) is 5.15. The van der Waals surface area contributed by atoms with Crippen LogP contribution in [-0.2, 0) is 6.54 Å². The molecular formula is C20H29N5. The van der Waals surface area contributed by atoms with E-state index in [-0.39, 0.29) is 0 Å². The van der Waals surface area contributed by atoms with Crippen molar-refractivity contribution < 1.29 is 0 Å². The molecule has 0 spiro atoms. The predicted molar refractivity (Wildman–Crippen MR) is 100 cm³/mol. The zero-order valence-electron chi connectivity index (χ0n) is 15.1. The van der Waals surface area contributed by atoms with E-state index in [1.165, 1.54) is 36.9 Å². The molecule has 0 amide bonds. The monoisotopic (exact) mass is 339 g/mol. The van der Waals surface area contributed by atoms with Crippen molar-refractivity contribution in [1.29, 1.82) is 0 Å². The predicted octanol–water partition coefficient (Wildman–Crippen LogP) is 2.69. The average Bonchev–Trinajstić information content (AvgIpc) is 3.41. The van der Waals surface area contributed by atoms with Gasteiger partial charge in [-0.1, -0.05) is 43.2 Å². The van der Waals surface area contributed by atoms with Gasteiger partial charge in [-0.25, -0.2) is 10.4 Å². The van der Waals surface area contributed by atoms with Crippen molar-refractivity contribution >= 4 is 0 Å². The average molecular weight is 339 g/mol. The summed E-state index contributed by atoms with van der Waals surface area (Å²) in [6, 6.07) is 11.8. The van der Waals surface area contributed by atoms with Crippen LogP contribution >= 0.6 is 0 Å². The number of hydrogen-bond acceptors (Lipinski definition) is 4. The molecule has 1 aliphatic heterocycles. The third kappa shape index (κ3) is 3.64. The maximum absolute atomic E-state index is 4.46. The van der Waals surface area contributed by atoms with Gasteiger partial charge in [0.25, 0.3) is 0 Å². The van der Waals surface area contributed by atoms with E-state index in [0.717, 1.165) is 25.7 Å². The number of imidazole rings is 1. The number of hydrazine groups is 1. The number of nitrogens with one attached hydrogen (secondary N) is 2. The van der Waals surface area contributed by atoms with Crippen LogP contribution in [0.2, 0.25) is 0 Å². The van der Waals surface area contributed by atoms with Gasteiger partial charge in [0.1, 0.15) is 0 Å². The molecule has 2 atom stereocenters. The van der Waals surface area contributed by atoms with Crippen LogP contribution in [-0.4, -0.2) is 40.6 Å². The molecule has 2 aromatic rings. The van der Waals surface area contributed by atoms with Crippen LogP contribution in [0.5, 0.6) is 0 Å². The molecule has 1 aromatic carbocycles. The Bertz CT molecular complexity index is 662. The van der Waals surface area contributed by atoms with Crippen molar-refractivity contribution in [3.05, 3.63) is 54.1 Å². The zero-order valence-corrected chi connectivity index (χ0v) is 15.1. The van der Waals surface area contributed by atoms with E-state index in [9.17, 15) is 0 Å². The minimum absolute atomic E-state index is 0.296. The fourth-order valence-electron chi connectivity index (χ4n) is 4.37. The Morgan fingerprint density at radius 3 is 2.80 bits per heavy atom. The summed E-state index contributed by atoms with van der Waals surface area (Å²) in [7, 11) is 2.28. The van der Waals surface area contributed by atoms with E-state index < -0.39 is 0 Å². The Labute approximate surface area is 150 Å². The van der Waals surface area contributed by atoms with Gasteiger partial charge in [0.05, 0.1) is 12.4 Å². The van der Waals surface area contributed by atoms with Crippen molar-refractivity contribution in [1.82, 2.24) is 25.3 Å². The van der Waals surface area contributed by atoms with E-state index in [2.05, 4.69) is 62.7 Å². The van der Waals surface area contributed by atoms with E-state index in [1.54, 1.807) is 0 Å². The Hall–Kier alpha value is -1.69. The number of benzene rings is 1. The summed E-state index contributed by atoms with van der Waals surface area (Å²) >= 11 is 0. The maximum atomic E-state index is 4.46. The van der Waals surface area contributed by atoms with Crippen LogP contribution in [0, 0.1) is 0 Å². The molecule has 4 rings (SSSR count). The van der Waals surface area contributed by atoms with Gasteiger partial charge in [0.15, 0.2) is 0 Å². The second-order valence-electron chi connectivity index (χ2n) is 7.45. The minimum atomic E-state index is 0.296. The fourth-order valence-corrected chi connectivity index (χ4v) is 4.37. The summed E-state index contributed by atoms with van der Waals surface area (Å²) < 4.78 is 2.35. The van der Waals surface area contributed by atoms with Gasteiger partial charge in [-0.3, -0.25) is 5.43 Å². The largest absolute Gasteiger partial charge is 0.333 e. The summed E-state index contributed by atoms with van der Waals surface area (Å²) in [5.41, 5.74) is 9.44. The minimum Gasteiger partial charge on any atom is -0.333 e. The number of nitrogens with zero attached hydrogens (tertiary/aromatic N) is 3. The molecular weight excluding hydrogens is 310 g/mol. The lowest BCUT2D eigenvalue weighted by Gasteiger charge is -2.25. The van der Waals surface area contributed by atoms with Crippen LogP contribution in [0.25, 0.3) is 0 Å². The molecule has 2 fully saturated rings. The quantitative estimate of drug-likeness (QED) is 0.849. The lowest BCUT2D eigenvalue weighted by Crippen LogP contribution is -2.32. The Morgan fingerprint density at radius 2 is 2.00 bits per heavy atom. The van der Waals surface area contributed by atoms with Crippen LogP contribution in [0.4, 0.5) is 0 Å². The second-order valence-corrected chi connectivity index (χ2v) is 7.45. The molecule has 1 saturated heterocycles. The van der Waals surface area contributed by atoms with Crippen LogP contribution in [0.3, 0.4) is 0 Å². The molecule has 0 bridgehead atoms. The summed E-state index contributed by atoms with van der Waals surface area (Å²) in [6.45, 7) is 3.04. The maximum Gasteiger partial charge on any atom is 0.0948 e. The zero-order chi connectivity index (χ0) is 17.1. The Balaban J connectivity index is 1.45. The molecule has 2 unspecified atom stereocenters. The standard InChI is InChI=1S/C20H29N5/c1-24(17-9-5-6-10-17)11-12-25-15-21-14-19(25)18-13-22-23-20(18)16-7-3-2-4-8-16/h2-4,7-8,14-15,17-18,20,22-23H,5-6,9-13H2,1H3. The topological polar surface area (TPSA) is 45.1 Å². The van der Waals surface area contributed by atoms with Gasteiger partial charge < -0.3 is 9.47 Å². The molecule has 0 radical (unpaired) electrons.